The van der Waals surface area contributed by atoms with E-state index in [-0.39, 0.29) is 11.5 Å². The summed E-state index contributed by atoms with van der Waals surface area (Å²) in [7, 11) is 0. The topological polar surface area (TPSA) is 18.5 Å². The molecule has 0 saturated heterocycles. The third kappa shape index (κ3) is 7.24. The molecule has 1 atom stereocenters. The van der Waals surface area contributed by atoms with Crippen molar-refractivity contribution in [3.63, 3.8) is 0 Å². The van der Waals surface area contributed by atoms with Crippen LogP contribution in [0.2, 0.25) is 0 Å². The summed E-state index contributed by atoms with van der Waals surface area (Å²) in [6, 6.07) is 1.50. The maximum Gasteiger partial charge on any atom is 0.387 e. The second kappa shape index (κ2) is 11.5. The molecule has 8 heteroatoms. The van der Waals surface area contributed by atoms with Gasteiger partial charge in [0.05, 0.1) is 6.61 Å². The van der Waals surface area contributed by atoms with Gasteiger partial charge in [-0.2, -0.15) is 8.78 Å². The van der Waals surface area contributed by atoms with E-state index >= 15 is 0 Å². The molecule has 0 spiro atoms. The molecule has 0 amide bonds. The quantitative estimate of drug-likeness (QED) is 0.301. The van der Waals surface area contributed by atoms with Gasteiger partial charge in [-0.25, -0.2) is 17.6 Å². The van der Waals surface area contributed by atoms with Crippen molar-refractivity contribution in [3.05, 3.63) is 41.5 Å². The minimum atomic E-state index is -3.38. The summed E-state index contributed by atoms with van der Waals surface area (Å²) < 4.78 is 88.0. The van der Waals surface area contributed by atoms with Crippen LogP contribution in [0.15, 0.2) is 24.3 Å². The van der Waals surface area contributed by atoms with Gasteiger partial charge in [-0.05, 0) is 62.1 Å². The van der Waals surface area contributed by atoms with E-state index in [0.29, 0.717) is 18.8 Å². The average Bonchev–Trinajstić information content (AvgIpc) is 2.66. The smallest absolute Gasteiger partial charge is 0.387 e. The van der Waals surface area contributed by atoms with Crippen LogP contribution in [-0.4, -0.2) is 19.1 Å². The van der Waals surface area contributed by atoms with Crippen LogP contribution in [0.5, 0.6) is 5.75 Å². The highest BCUT2D eigenvalue weighted by molar-refractivity contribution is 5.31. The molecule has 0 aliphatic heterocycles. The summed E-state index contributed by atoms with van der Waals surface area (Å²) >= 11 is 0. The third-order valence-corrected chi connectivity index (χ3v) is 5.29. The Morgan fingerprint density at radius 2 is 1.66 bits per heavy atom. The third-order valence-electron chi connectivity index (χ3n) is 5.29. The van der Waals surface area contributed by atoms with Crippen LogP contribution >= 0.6 is 0 Å². The van der Waals surface area contributed by atoms with Gasteiger partial charge in [0.2, 0.25) is 0 Å². The molecule has 0 radical (unpaired) electrons. The highest BCUT2D eigenvalue weighted by Crippen LogP contribution is 2.36. The molecule has 0 N–H and O–H groups in total. The first-order chi connectivity index (χ1) is 13.8. The van der Waals surface area contributed by atoms with E-state index in [2.05, 4.69) is 10.8 Å². The van der Waals surface area contributed by atoms with Crippen molar-refractivity contribution in [3.8, 4) is 5.75 Å². The van der Waals surface area contributed by atoms with Gasteiger partial charge < -0.3 is 9.47 Å². The van der Waals surface area contributed by atoms with E-state index in [0.717, 1.165) is 37.8 Å². The number of benzene rings is 1. The van der Waals surface area contributed by atoms with Crippen LogP contribution in [-0.2, 0) is 11.3 Å². The average molecular weight is 424 g/mol. The Hall–Kier alpha value is -1.70. The summed E-state index contributed by atoms with van der Waals surface area (Å²) in [6.07, 6.45) is 4.93. The molecule has 1 aromatic carbocycles. The van der Waals surface area contributed by atoms with Crippen LogP contribution in [0.25, 0.3) is 0 Å². The molecule has 1 aliphatic carbocycles. The van der Waals surface area contributed by atoms with E-state index in [4.69, 9.17) is 4.74 Å². The van der Waals surface area contributed by atoms with Gasteiger partial charge in [-0.15, -0.1) is 0 Å². The number of halogens is 6. The lowest BCUT2D eigenvalue weighted by Gasteiger charge is -2.33. The number of allylic oxidation sites excluding steroid dienone is 2. The van der Waals surface area contributed by atoms with Crippen LogP contribution in [0, 0.1) is 23.5 Å². The van der Waals surface area contributed by atoms with Gasteiger partial charge >= 0.3 is 6.61 Å². The number of hydrogen-bond donors (Lipinski definition) is 0. The Balaban J connectivity index is 1.93. The van der Waals surface area contributed by atoms with Crippen molar-refractivity contribution in [1.82, 2.24) is 0 Å². The summed E-state index contributed by atoms with van der Waals surface area (Å²) in [5.41, 5.74) is -0.0627. The molecule has 1 unspecified atom stereocenters. The lowest BCUT2D eigenvalue weighted by Crippen LogP contribution is -2.34. The molecular weight excluding hydrogens is 398 g/mol. The molecule has 1 saturated carbocycles. The van der Waals surface area contributed by atoms with Crippen molar-refractivity contribution >= 4 is 0 Å². The second-order valence-electron chi connectivity index (χ2n) is 7.30. The maximum absolute atomic E-state index is 13.8. The number of alkyl halides is 4. The highest BCUT2D eigenvalue weighted by atomic mass is 19.3. The zero-order chi connectivity index (χ0) is 21.4. The second-order valence-corrected chi connectivity index (χ2v) is 7.30. The van der Waals surface area contributed by atoms with Crippen LogP contribution in [0.1, 0.15) is 51.0 Å². The van der Waals surface area contributed by atoms with Crippen molar-refractivity contribution in [1.29, 1.82) is 0 Å². The Bertz CT molecular complexity index is 634. The van der Waals surface area contributed by atoms with E-state index in [1.165, 1.54) is 0 Å². The Kier molecular flexibility index (Phi) is 9.33. The molecule has 1 aromatic rings. The normalized spacial score (nSPS) is 21.3. The molecule has 1 fully saturated rings. The minimum Gasteiger partial charge on any atom is -0.429 e. The molecule has 1 aliphatic rings. The lowest BCUT2D eigenvalue weighted by atomic mass is 9.77. The summed E-state index contributed by atoms with van der Waals surface area (Å²) in [6.45, 7) is -1.87. The minimum absolute atomic E-state index is 0.0627. The molecule has 0 aromatic heterocycles. The lowest BCUT2D eigenvalue weighted by molar-refractivity contribution is -0.102. The first-order valence-corrected chi connectivity index (χ1v) is 9.75. The molecule has 0 heterocycles. The molecule has 29 heavy (non-hydrogen) atoms. The number of hydrogen-bond acceptors (Lipinski definition) is 2. The van der Waals surface area contributed by atoms with E-state index in [1.54, 1.807) is 0 Å². The van der Waals surface area contributed by atoms with Crippen LogP contribution in [0.3, 0.4) is 0 Å². The van der Waals surface area contributed by atoms with Gasteiger partial charge in [0.15, 0.2) is 17.4 Å². The molecule has 2 nitrogen and oxygen atoms in total. The predicted molar refractivity (Wildman–Crippen MR) is 97.1 cm³/mol. The first kappa shape index (κ1) is 23.6. The molecule has 0 bridgehead atoms. The monoisotopic (exact) mass is 424 g/mol. The Morgan fingerprint density at radius 3 is 2.17 bits per heavy atom. The van der Waals surface area contributed by atoms with Crippen molar-refractivity contribution in [2.75, 3.05) is 0 Å². The maximum atomic E-state index is 13.8. The molecule has 2 rings (SSSR count). The highest BCUT2D eigenvalue weighted by Gasteiger charge is 2.34. The largest absolute Gasteiger partial charge is 0.429 e. The fraction of sp³-hybridized carbons (Fsp3) is 0.619. The Morgan fingerprint density at radius 1 is 1.03 bits per heavy atom. The van der Waals surface area contributed by atoms with Gasteiger partial charge in [-0.3, -0.25) is 0 Å². The standard InChI is InChI=1S/C21H26F6O2/c1-2-3-4-5-13-6-8-15(9-7-13)18(20(24)25)28-12-14-10-16(22)19(17(23)11-14)29-21(26)27/h2-3,10-11,13,15,18,20-21H,4-9,12H2,1H3/b3-2+. The fourth-order valence-corrected chi connectivity index (χ4v) is 3.81. The van der Waals surface area contributed by atoms with Gasteiger partial charge in [-0.1, -0.05) is 25.0 Å². The first-order valence-electron chi connectivity index (χ1n) is 9.75. The number of rotatable bonds is 10. The van der Waals surface area contributed by atoms with Gasteiger partial charge in [0.1, 0.15) is 6.10 Å². The van der Waals surface area contributed by atoms with E-state index in [9.17, 15) is 26.3 Å². The van der Waals surface area contributed by atoms with Crippen molar-refractivity contribution in [2.45, 2.75) is 71.2 Å². The summed E-state index contributed by atoms with van der Waals surface area (Å²) in [5, 5.41) is 0. The van der Waals surface area contributed by atoms with E-state index < -0.39 is 43.1 Å². The summed E-state index contributed by atoms with van der Waals surface area (Å²) in [4.78, 5) is 0. The number of ether oxygens (including phenoxy) is 2. The SMILES string of the molecule is C/C=C/CCC1CCC(C(OCc2cc(F)c(OC(F)F)c(F)c2)C(F)F)CC1. The molecular formula is C21H26F6O2. The molecule has 164 valence electrons. The van der Waals surface area contributed by atoms with Crippen molar-refractivity contribution < 1.29 is 35.8 Å². The zero-order valence-electron chi connectivity index (χ0n) is 16.2. The van der Waals surface area contributed by atoms with Crippen LogP contribution < -0.4 is 4.74 Å². The fourth-order valence-electron chi connectivity index (χ4n) is 3.81. The summed E-state index contributed by atoms with van der Waals surface area (Å²) in [5.74, 6) is -3.70. The zero-order valence-corrected chi connectivity index (χ0v) is 16.2. The van der Waals surface area contributed by atoms with E-state index in [1.807, 2.05) is 13.0 Å². The van der Waals surface area contributed by atoms with Gasteiger partial charge in [0, 0.05) is 0 Å². The van der Waals surface area contributed by atoms with Crippen LogP contribution in [0.4, 0.5) is 26.3 Å². The predicted octanol–water partition coefficient (Wildman–Crippen LogP) is 6.88. The Labute approximate surface area is 166 Å². The van der Waals surface area contributed by atoms with Crippen molar-refractivity contribution in [2.24, 2.45) is 11.8 Å². The van der Waals surface area contributed by atoms with Gasteiger partial charge in [0.25, 0.3) is 6.43 Å².